The Hall–Kier alpha value is -0.470. The van der Waals surface area contributed by atoms with Gasteiger partial charge in [-0.3, -0.25) is 4.90 Å². The molecule has 0 aliphatic carbocycles. The molecule has 0 spiro atoms. The maximum atomic E-state index is 12.8. The number of hydrogen-bond donors (Lipinski definition) is 1. The zero-order valence-electron chi connectivity index (χ0n) is 11.6. The Morgan fingerprint density at radius 2 is 2.20 bits per heavy atom. The van der Waals surface area contributed by atoms with Crippen LogP contribution in [0.25, 0.3) is 0 Å². The number of fused-ring (bicyclic) bond motifs is 1. The van der Waals surface area contributed by atoms with E-state index in [-0.39, 0.29) is 6.61 Å². The Morgan fingerprint density at radius 1 is 1.40 bits per heavy atom. The van der Waals surface area contributed by atoms with E-state index in [4.69, 9.17) is 5.11 Å². The normalized spacial score (nSPS) is 25.0. The maximum Gasteiger partial charge on any atom is 0.244 e. The van der Waals surface area contributed by atoms with Gasteiger partial charge in [0.1, 0.15) is 0 Å². The zero-order valence-corrected chi connectivity index (χ0v) is 13.2. The summed E-state index contributed by atoms with van der Waals surface area (Å²) >= 11 is 1.36. The van der Waals surface area contributed by atoms with Gasteiger partial charge in [0.2, 0.25) is 10.0 Å². The first-order chi connectivity index (χ1) is 9.52. The molecule has 1 aromatic rings. The predicted molar refractivity (Wildman–Crippen MR) is 78.3 cm³/mol. The monoisotopic (exact) mass is 316 g/mol. The lowest BCUT2D eigenvalue weighted by Gasteiger charge is -2.36. The van der Waals surface area contributed by atoms with Crippen LogP contribution < -0.4 is 0 Å². The number of aliphatic hydroxyl groups is 1. The van der Waals surface area contributed by atoms with Crippen molar-refractivity contribution in [1.82, 2.24) is 9.21 Å². The van der Waals surface area contributed by atoms with Crippen LogP contribution >= 0.6 is 11.3 Å². The highest BCUT2D eigenvalue weighted by molar-refractivity contribution is 7.89. The van der Waals surface area contributed by atoms with Crippen LogP contribution in [-0.4, -0.2) is 55.0 Å². The molecule has 5 nitrogen and oxygen atoms in total. The molecular weight excluding hydrogens is 296 g/mol. The number of piperazine rings is 1. The number of nitrogens with zero attached hydrogens (tertiary/aromatic N) is 2. The summed E-state index contributed by atoms with van der Waals surface area (Å²) in [4.78, 5) is 4.24. The van der Waals surface area contributed by atoms with E-state index >= 15 is 0 Å². The van der Waals surface area contributed by atoms with Crippen LogP contribution in [0.5, 0.6) is 0 Å². The predicted octanol–water partition coefficient (Wildman–Crippen LogP) is 1.02. The minimum Gasteiger partial charge on any atom is -0.391 e. The minimum absolute atomic E-state index is 0.0998. The first-order valence-corrected chi connectivity index (χ1v) is 9.22. The molecule has 0 bridgehead atoms. The highest BCUT2D eigenvalue weighted by Gasteiger charge is 2.37. The van der Waals surface area contributed by atoms with Crippen molar-refractivity contribution in [2.45, 2.75) is 37.3 Å². The third-order valence-electron chi connectivity index (χ3n) is 4.25. The van der Waals surface area contributed by atoms with E-state index in [9.17, 15) is 8.42 Å². The van der Waals surface area contributed by atoms with Crippen molar-refractivity contribution in [3.8, 4) is 0 Å². The summed E-state index contributed by atoms with van der Waals surface area (Å²) in [5.41, 5.74) is 0. The lowest BCUT2D eigenvalue weighted by atomic mass is 10.2. The molecule has 2 saturated heterocycles. The van der Waals surface area contributed by atoms with Crippen molar-refractivity contribution in [1.29, 1.82) is 0 Å². The van der Waals surface area contributed by atoms with Crippen molar-refractivity contribution >= 4 is 21.4 Å². The van der Waals surface area contributed by atoms with Crippen molar-refractivity contribution in [2.75, 3.05) is 26.2 Å². The van der Waals surface area contributed by atoms with E-state index in [1.165, 1.54) is 17.8 Å². The number of hydrogen-bond acceptors (Lipinski definition) is 5. The fraction of sp³-hybridized carbons (Fsp3) is 0.692. The van der Waals surface area contributed by atoms with Crippen LogP contribution in [0, 0.1) is 6.92 Å². The number of aliphatic hydroxyl groups excluding tert-OH is 1. The molecule has 7 heteroatoms. The van der Waals surface area contributed by atoms with Crippen LogP contribution in [0.1, 0.15) is 22.6 Å². The van der Waals surface area contributed by atoms with E-state index < -0.39 is 10.0 Å². The van der Waals surface area contributed by atoms with Gasteiger partial charge in [-0.25, -0.2) is 8.42 Å². The van der Waals surface area contributed by atoms with Crippen LogP contribution in [0.15, 0.2) is 11.0 Å². The maximum absolute atomic E-state index is 12.8. The molecule has 3 heterocycles. The molecular formula is C13H20N2O3S2. The highest BCUT2D eigenvalue weighted by Crippen LogP contribution is 2.31. The van der Waals surface area contributed by atoms with Gasteiger partial charge in [-0.2, -0.15) is 4.31 Å². The fourth-order valence-electron chi connectivity index (χ4n) is 3.18. The van der Waals surface area contributed by atoms with E-state index in [1.807, 2.05) is 6.92 Å². The van der Waals surface area contributed by atoms with Crippen LogP contribution in [-0.2, 0) is 16.6 Å². The van der Waals surface area contributed by atoms with Gasteiger partial charge in [0.05, 0.1) is 11.5 Å². The summed E-state index contributed by atoms with van der Waals surface area (Å²) in [5.74, 6) is 0. The molecule has 0 radical (unpaired) electrons. The third kappa shape index (κ3) is 2.42. The number of thiophene rings is 1. The Labute approximate surface area is 123 Å². The first kappa shape index (κ1) is 14.5. The Balaban J connectivity index is 1.86. The quantitative estimate of drug-likeness (QED) is 0.904. The van der Waals surface area contributed by atoms with Gasteiger partial charge in [0.15, 0.2) is 0 Å². The second-order valence-corrected chi connectivity index (χ2v) is 8.73. The summed E-state index contributed by atoms with van der Waals surface area (Å²) in [6.07, 6.45) is 2.27. The molecule has 0 amide bonds. The molecule has 2 aliphatic heterocycles. The molecule has 20 heavy (non-hydrogen) atoms. The van der Waals surface area contributed by atoms with Crippen molar-refractivity contribution in [3.05, 3.63) is 15.8 Å². The van der Waals surface area contributed by atoms with Gasteiger partial charge in [-0.05, 0) is 32.4 Å². The largest absolute Gasteiger partial charge is 0.391 e. The van der Waals surface area contributed by atoms with Crippen molar-refractivity contribution in [2.24, 2.45) is 0 Å². The SMILES string of the molecule is Cc1sc(CO)cc1S(=O)(=O)N1CCN2CCCC2C1. The second-order valence-electron chi connectivity index (χ2n) is 5.49. The zero-order chi connectivity index (χ0) is 14.3. The summed E-state index contributed by atoms with van der Waals surface area (Å²) in [5, 5.41) is 9.17. The molecule has 1 unspecified atom stereocenters. The van der Waals surface area contributed by atoms with Crippen LogP contribution in [0.2, 0.25) is 0 Å². The number of rotatable bonds is 3. The lowest BCUT2D eigenvalue weighted by molar-refractivity contribution is 0.158. The third-order valence-corrected chi connectivity index (χ3v) is 7.40. The topological polar surface area (TPSA) is 60.9 Å². The standard InChI is InChI=1S/C13H20N2O3S2/c1-10-13(7-12(9-16)19-10)20(17,18)15-6-5-14-4-2-3-11(14)8-15/h7,11,16H,2-6,8-9H2,1H3. The van der Waals surface area contributed by atoms with Gasteiger partial charge in [-0.15, -0.1) is 11.3 Å². The molecule has 2 fully saturated rings. The smallest absolute Gasteiger partial charge is 0.244 e. The number of sulfonamides is 1. The molecule has 1 N–H and O–H groups in total. The summed E-state index contributed by atoms with van der Waals surface area (Å²) in [6.45, 7) is 4.82. The van der Waals surface area contributed by atoms with Gasteiger partial charge >= 0.3 is 0 Å². The molecule has 112 valence electrons. The fourth-order valence-corrected chi connectivity index (χ4v) is 6.11. The van der Waals surface area contributed by atoms with E-state index in [0.717, 1.165) is 24.4 Å². The molecule has 0 aromatic carbocycles. The summed E-state index contributed by atoms with van der Waals surface area (Å²) in [7, 11) is -3.41. The van der Waals surface area contributed by atoms with Crippen molar-refractivity contribution in [3.63, 3.8) is 0 Å². The van der Waals surface area contributed by atoms with E-state index in [2.05, 4.69) is 4.90 Å². The molecule has 1 atom stereocenters. The Bertz CT molecular complexity index is 597. The summed E-state index contributed by atoms with van der Waals surface area (Å²) < 4.78 is 27.1. The van der Waals surface area contributed by atoms with Crippen LogP contribution in [0.4, 0.5) is 0 Å². The average Bonchev–Trinajstić information content (AvgIpc) is 3.03. The van der Waals surface area contributed by atoms with Crippen LogP contribution in [0.3, 0.4) is 0 Å². The summed E-state index contributed by atoms with van der Waals surface area (Å²) in [6, 6.07) is 2.01. The van der Waals surface area contributed by atoms with E-state index in [0.29, 0.717) is 28.9 Å². The van der Waals surface area contributed by atoms with Gasteiger partial charge in [0.25, 0.3) is 0 Å². The van der Waals surface area contributed by atoms with Crippen molar-refractivity contribution < 1.29 is 13.5 Å². The Morgan fingerprint density at radius 3 is 2.90 bits per heavy atom. The number of aryl methyl sites for hydroxylation is 1. The van der Waals surface area contributed by atoms with E-state index in [1.54, 1.807) is 10.4 Å². The van der Waals surface area contributed by atoms with Gasteiger partial charge in [0, 0.05) is 35.4 Å². The minimum atomic E-state index is -3.41. The first-order valence-electron chi connectivity index (χ1n) is 6.97. The highest BCUT2D eigenvalue weighted by atomic mass is 32.2. The lowest BCUT2D eigenvalue weighted by Crippen LogP contribution is -2.51. The van der Waals surface area contributed by atoms with Gasteiger partial charge in [-0.1, -0.05) is 0 Å². The average molecular weight is 316 g/mol. The molecule has 1 aromatic heterocycles. The second kappa shape index (κ2) is 5.38. The molecule has 0 saturated carbocycles. The molecule has 3 rings (SSSR count). The Kier molecular flexibility index (Phi) is 3.89. The van der Waals surface area contributed by atoms with Gasteiger partial charge < -0.3 is 5.11 Å². The molecule has 2 aliphatic rings.